The Bertz CT molecular complexity index is 1110. The molecule has 3 heterocycles. The largest absolute Gasteiger partial charge is 0.490 e. The van der Waals surface area contributed by atoms with Gasteiger partial charge in [-0.1, -0.05) is 0 Å². The van der Waals surface area contributed by atoms with Crippen LogP contribution in [0, 0.1) is 0 Å². The SMILES string of the molecule is O=C(CCCN1C(=O)C=CC1=O)[15NH][13CH2][13C](=O)N[13CH2][13C](=O)N1CCN(C(=O)C(=O)[15N]2[13CH2][13CH2][15NH][13CH2][13CH2]2)CC1.O=C(O)C(F)(F)F. The van der Waals surface area contributed by atoms with Crippen molar-refractivity contribution in [3.63, 3.8) is 0 Å². The topological polar surface area (TPSA) is 206 Å². The number of rotatable bonds is 8. The van der Waals surface area contributed by atoms with Crippen LogP contribution < -0.4 is 16.0 Å². The van der Waals surface area contributed by atoms with Crippen LogP contribution in [0.5, 0.6) is 0 Å². The van der Waals surface area contributed by atoms with Gasteiger partial charge in [-0.15, -0.1) is 0 Å². The maximum absolute atomic E-state index is 12.5. The van der Waals surface area contributed by atoms with Crippen LogP contribution in [0.3, 0.4) is 0 Å². The number of nitrogens with one attached hydrogen (secondary N) is 3. The zero-order chi connectivity index (χ0) is 32.2. The van der Waals surface area contributed by atoms with Crippen LogP contribution in [-0.4, -0.2) is 150 Å². The average molecular weight is 630 g/mol. The number of nitrogens with zero attached hydrogens (tertiary/aromatic N) is 4. The lowest BCUT2D eigenvalue weighted by molar-refractivity contribution is -0.192. The van der Waals surface area contributed by atoms with Gasteiger partial charge in [0.05, 0.1) is 13.1 Å². The lowest BCUT2D eigenvalue weighted by Crippen LogP contribution is -2.57. The predicted molar refractivity (Wildman–Crippen MR) is 137 cm³/mol. The smallest absolute Gasteiger partial charge is 0.475 e. The van der Waals surface area contributed by atoms with Crippen LogP contribution in [0.1, 0.15) is 12.8 Å². The minimum absolute atomic E-state index is 0.0312. The van der Waals surface area contributed by atoms with E-state index < -0.39 is 47.6 Å². The van der Waals surface area contributed by atoms with Crippen LogP contribution >= 0.6 is 0 Å². The Morgan fingerprint density at radius 2 is 1.23 bits per heavy atom. The number of piperazine rings is 2. The van der Waals surface area contributed by atoms with Gasteiger partial charge in [0.25, 0.3) is 11.8 Å². The molecule has 3 aliphatic rings. The second kappa shape index (κ2) is 16.2. The number of aliphatic carboxylic acids is 1. The number of imide groups is 1. The van der Waals surface area contributed by atoms with E-state index in [1.54, 1.807) is 0 Å². The molecule has 0 atom stereocenters. The first kappa shape index (κ1) is 34.7. The van der Waals surface area contributed by atoms with E-state index in [9.17, 15) is 46.7 Å². The first-order chi connectivity index (χ1) is 20.2. The van der Waals surface area contributed by atoms with Crippen molar-refractivity contribution in [2.24, 2.45) is 0 Å². The molecule has 0 aromatic rings. The molecule has 0 spiro atoms. The van der Waals surface area contributed by atoms with Crippen LogP contribution in [0.4, 0.5) is 13.2 Å². The lowest BCUT2D eigenvalue weighted by atomic mass is 10.3. The Labute approximate surface area is 243 Å². The highest BCUT2D eigenvalue weighted by Crippen LogP contribution is 2.13. The average Bonchev–Trinajstić information content (AvgIpc) is 3.30. The van der Waals surface area contributed by atoms with Crippen molar-refractivity contribution in [1.29, 1.82) is 0 Å². The molecule has 0 aromatic heterocycles. The highest BCUT2D eigenvalue weighted by Gasteiger charge is 2.38. The fraction of sp³-hybridized carbons (Fsp3) is 0.583. The number of hydrogen-bond acceptors (Lipinski definition) is 9. The Hall–Kier alpha value is -4.55. The number of carboxylic acid groups (broad SMARTS) is 1. The number of carboxylic acids is 1. The van der Waals surface area contributed by atoms with E-state index in [-0.39, 0.29) is 64.6 Å². The fourth-order valence-corrected chi connectivity index (χ4v) is 3.96. The molecule has 238 valence electrons. The number of alkyl halides is 3. The molecule has 0 bridgehead atoms. The van der Waals surface area contributed by atoms with Gasteiger partial charge in [0.1, 0.15) is 0 Å². The van der Waals surface area contributed by atoms with E-state index in [4.69, 9.17) is 9.90 Å². The van der Waals surface area contributed by atoms with Crippen molar-refractivity contribution in [3.8, 4) is 0 Å². The zero-order valence-electron chi connectivity index (χ0n) is 23.0. The number of amides is 7. The van der Waals surface area contributed by atoms with Crippen molar-refractivity contribution in [1.82, 2.24) is 35.6 Å². The molecule has 3 aliphatic heterocycles. The maximum atomic E-state index is 12.5. The molecule has 4 N–H and O–H groups in total. The van der Waals surface area contributed by atoms with Crippen LogP contribution in [0.25, 0.3) is 0 Å². The number of hydrogen-bond donors (Lipinski definition) is 4. The van der Waals surface area contributed by atoms with Crippen LogP contribution in [-0.2, 0) is 38.4 Å². The summed E-state index contributed by atoms with van der Waals surface area (Å²) in [6, 6.07) is 0. The summed E-state index contributed by atoms with van der Waals surface area (Å²) in [5, 5.41) is 15.1. The normalized spacial score (nSPS) is 16.8. The summed E-state index contributed by atoms with van der Waals surface area (Å²) >= 11 is 0. The Morgan fingerprint density at radius 3 is 1.74 bits per heavy atom. The summed E-state index contributed by atoms with van der Waals surface area (Å²) in [4.78, 5) is 98.4. The molecule has 3 rings (SSSR count). The van der Waals surface area contributed by atoms with Gasteiger partial charge in [-0.25, -0.2) is 4.79 Å². The van der Waals surface area contributed by atoms with Crippen molar-refractivity contribution in [3.05, 3.63) is 12.2 Å². The van der Waals surface area contributed by atoms with Gasteiger partial charge < -0.3 is 35.8 Å². The van der Waals surface area contributed by atoms with Gasteiger partial charge in [-0.3, -0.25) is 38.5 Å². The third-order valence-electron chi connectivity index (χ3n) is 6.32. The third kappa shape index (κ3) is 11.3. The molecule has 0 aromatic carbocycles. The Kier molecular flexibility index (Phi) is 13.0. The highest BCUT2D eigenvalue weighted by molar-refractivity contribution is 6.35. The van der Waals surface area contributed by atoms with E-state index in [1.165, 1.54) is 26.9 Å². The molecule has 2 saturated heterocycles. The second-order valence-corrected chi connectivity index (χ2v) is 9.34. The quantitative estimate of drug-likeness (QED) is 0.0908. The van der Waals surface area contributed by atoms with Gasteiger partial charge in [0, 0.05) is 77.5 Å². The summed E-state index contributed by atoms with van der Waals surface area (Å²) in [6.07, 6.45) is -2.45. The molecule has 0 aliphatic carbocycles. The predicted octanol–water partition coefficient (Wildman–Crippen LogP) is -3.34. The van der Waals surface area contributed by atoms with E-state index in [0.717, 1.165) is 4.90 Å². The Balaban J connectivity index is 0.000000821. The summed E-state index contributed by atoms with van der Waals surface area (Å²) < 4.78 is 31.7. The van der Waals surface area contributed by atoms with Crippen LogP contribution in [0.2, 0.25) is 0 Å². The minimum Gasteiger partial charge on any atom is -0.475 e. The van der Waals surface area contributed by atoms with Gasteiger partial charge >= 0.3 is 24.0 Å². The molecule has 0 unspecified atom stereocenters. The van der Waals surface area contributed by atoms with E-state index in [1.807, 2.05) is 0 Å². The molecule has 16 nitrogen and oxygen atoms in total. The first-order valence-corrected chi connectivity index (χ1v) is 13.1. The van der Waals surface area contributed by atoms with Crippen molar-refractivity contribution in [2.75, 3.05) is 72.0 Å². The minimum atomic E-state index is -5.08. The first-order valence-electron chi connectivity index (χ1n) is 13.1. The van der Waals surface area contributed by atoms with Gasteiger partial charge in [0.2, 0.25) is 17.7 Å². The van der Waals surface area contributed by atoms with Crippen molar-refractivity contribution < 1.29 is 56.6 Å². The van der Waals surface area contributed by atoms with Crippen molar-refractivity contribution >= 4 is 47.3 Å². The number of carbonyl (C=O) groups is 8. The molecule has 7 amide bonds. The number of halogens is 3. The van der Waals surface area contributed by atoms with E-state index in [0.29, 0.717) is 26.2 Å². The standard InChI is InChI=1S/C22H31N7O7.C2HF3O2/c30-16(2-1-7-29-18(32)3-4-19(29)33)24-14-17(31)25-15-20(34)26-10-12-28(13-11-26)22(36)21(35)27-8-5-23-6-9-27;3-2(4,5)1(6)7/h3-4,23H,1-2,5-15H2,(H,24,30)(H,25,31);(H,6,7)/i5+1,6+1,8+1,9+1,14+1,15+1,17+1,20+1,23+1,24+1,27+1;. The fourth-order valence-electron chi connectivity index (χ4n) is 3.96. The van der Waals surface area contributed by atoms with E-state index in [2.05, 4.69) is 16.0 Å². The lowest BCUT2D eigenvalue weighted by Gasteiger charge is -2.36. The monoisotopic (exact) mass is 630 g/mol. The van der Waals surface area contributed by atoms with Crippen molar-refractivity contribution in [2.45, 2.75) is 19.0 Å². The second-order valence-electron chi connectivity index (χ2n) is 9.34. The molecular formula is C24H32F3N7O9. The van der Waals surface area contributed by atoms with E-state index >= 15 is 0 Å². The summed E-state index contributed by atoms with van der Waals surface area (Å²) in [5.41, 5.74) is 0. The van der Waals surface area contributed by atoms with Gasteiger partial charge in [-0.05, 0) is 6.42 Å². The zero-order valence-corrected chi connectivity index (χ0v) is 23.0. The Morgan fingerprint density at radius 1 is 0.767 bits per heavy atom. The number of carbonyl (C=O) groups excluding carboxylic acids is 7. The molecular weight excluding hydrogens is 598 g/mol. The third-order valence-corrected chi connectivity index (χ3v) is 6.32. The maximum Gasteiger partial charge on any atom is 0.490 e. The molecule has 19 heteroatoms. The highest BCUT2D eigenvalue weighted by atomic mass is 19.4. The summed E-state index contributed by atoms with van der Waals surface area (Å²) in [5.74, 6) is -5.97. The summed E-state index contributed by atoms with van der Waals surface area (Å²) in [7, 11) is 0. The molecule has 0 radical (unpaired) electrons. The van der Waals surface area contributed by atoms with Crippen LogP contribution in [0.15, 0.2) is 12.2 Å². The van der Waals surface area contributed by atoms with Gasteiger partial charge in [0.15, 0.2) is 0 Å². The van der Waals surface area contributed by atoms with Gasteiger partial charge in [-0.2, -0.15) is 13.2 Å². The molecule has 2 fully saturated rings. The molecule has 43 heavy (non-hydrogen) atoms. The molecule has 0 saturated carbocycles. The summed E-state index contributed by atoms with van der Waals surface area (Å²) in [6.45, 7) is 2.79.